The van der Waals surface area contributed by atoms with Crippen molar-refractivity contribution in [3.05, 3.63) is 23.2 Å². The van der Waals surface area contributed by atoms with Gasteiger partial charge in [-0.05, 0) is 33.8 Å². The molecule has 0 saturated carbocycles. The van der Waals surface area contributed by atoms with E-state index in [2.05, 4.69) is 0 Å². The zero-order chi connectivity index (χ0) is 13.2. The number of hydrogen-bond acceptors (Lipinski definition) is 3. The molecular weight excluding hydrogens is 222 g/mol. The van der Waals surface area contributed by atoms with Gasteiger partial charge in [0.2, 0.25) is 0 Å². The number of furan rings is 1. The molecule has 5 nitrogen and oxygen atoms in total. The van der Waals surface area contributed by atoms with Gasteiger partial charge in [-0.15, -0.1) is 0 Å². The van der Waals surface area contributed by atoms with Gasteiger partial charge in [-0.1, -0.05) is 0 Å². The second-order valence-electron chi connectivity index (χ2n) is 4.29. The van der Waals surface area contributed by atoms with Gasteiger partial charge in [-0.3, -0.25) is 9.59 Å². The summed E-state index contributed by atoms with van der Waals surface area (Å²) in [6.45, 7) is 6.73. The number of rotatable bonds is 4. The molecule has 0 aliphatic carbocycles. The molecule has 1 aromatic heterocycles. The minimum atomic E-state index is -1.03. The Labute approximate surface area is 100 Å². The van der Waals surface area contributed by atoms with Gasteiger partial charge in [0, 0.05) is 11.6 Å². The van der Waals surface area contributed by atoms with E-state index in [1.54, 1.807) is 33.8 Å². The molecule has 17 heavy (non-hydrogen) atoms. The molecule has 0 unspecified atom stereocenters. The highest BCUT2D eigenvalue weighted by Crippen LogP contribution is 2.17. The van der Waals surface area contributed by atoms with E-state index in [4.69, 9.17) is 9.52 Å². The Bertz CT molecular complexity index is 434. The summed E-state index contributed by atoms with van der Waals surface area (Å²) in [5, 5.41) is 8.78. The molecule has 5 heteroatoms. The first kappa shape index (κ1) is 13.3. The van der Waals surface area contributed by atoms with Crippen LogP contribution in [-0.4, -0.2) is 34.5 Å². The Kier molecular flexibility index (Phi) is 3.93. The van der Waals surface area contributed by atoms with E-state index in [0.717, 1.165) is 5.56 Å². The zero-order valence-corrected chi connectivity index (χ0v) is 10.5. The fourth-order valence-corrected chi connectivity index (χ4v) is 1.62. The van der Waals surface area contributed by atoms with Crippen molar-refractivity contribution in [2.45, 2.75) is 33.7 Å². The number of hydrogen-bond donors (Lipinski definition) is 1. The summed E-state index contributed by atoms with van der Waals surface area (Å²) in [7, 11) is 0. The number of carboxylic acids is 1. The molecule has 0 aliphatic heterocycles. The van der Waals surface area contributed by atoms with Crippen LogP contribution in [0.4, 0.5) is 0 Å². The third-order valence-corrected chi connectivity index (χ3v) is 2.43. The topological polar surface area (TPSA) is 70.8 Å². The summed E-state index contributed by atoms with van der Waals surface area (Å²) in [5.74, 6) is -0.552. The lowest BCUT2D eigenvalue weighted by Crippen LogP contribution is -2.40. The molecule has 0 atom stereocenters. The maximum absolute atomic E-state index is 12.1. The van der Waals surface area contributed by atoms with E-state index in [0.29, 0.717) is 5.76 Å². The second-order valence-corrected chi connectivity index (χ2v) is 4.29. The van der Waals surface area contributed by atoms with E-state index in [1.165, 1.54) is 4.90 Å². The van der Waals surface area contributed by atoms with Crippen LogP contribution in [0, 0.1) is 13.8 Å². The minimum Gasteiger partial charge on any atom is -0.480 e. The smallest absolute Gasteiger partial charge is 0.323 e. The fraction of sp³-hybridized carbons (Fsp3) is 0.500. The normalized spacial score (nSPS) is 10.6. The van der Waals surface area contributed by atoms with E-state index in [9.17, 15) is 9.59 Å². The number of carbonyl (C=O) groups excluding carboxylic acids is 1. The van der Waals surface area contributed by atoms with Crippen LogP contribution in [-0.2, 0) is 4.79 Å². The number of aryl methyl sites for hydroxylation is 2. The summed E-state index contributed by atoms with van der Waals surface area (Å²) in [6.07, 6.45) is 0. The van der Waals surface area contributed by atoms with E-state index < -0.39 is 5.97 Å². The molecule has 0 saturated heterocycles. The highest BCUT2D eigenvalue weighted by atomic mass is 16.4. The average Bonchev–Trinajstić information content (AvgIpc) is 2.52. The largest absolute Gasteiger partial charge is 0.480 e. The van der Waals surface area contributed by atoms with Crippen molar-refractivity contribution >= 4 is 11.9 Å². The van der Waals surface area contributed by atoms with Gasteiger partial charge in [0.25, 0.3) is 5.91 Å². The van der Waals surface area contributed by atoms with Crippen LogP contribution in [0.5, 0.6) is 0 Å². The second kappa shape index (κ2) is 5.03. The first-order valence-corrected chi connectivity index (χ1v) is 5.42. The molecule has 1 aromatic rings. The van der Waals surface area contributed by atoms with Crippen LogP contribution in [0.1, 0.15) is 35.7 Å². The molecule has 1 heterocycles. The van der Waals surface area contributed by atoms with E-state index in [1.807, 2.05) is 0 Å². The first-order valence-electron chi connectivity index (χ1n) is 5.42. The fourth-order valence-electron chi connectivity index (χ4n) is 1.62. The molecule has 0 spiro atoms. The molecule has 0 radical (unpaired) electrons. The van der Waals surface area contributed by atoms with Crippen LogP contribution >= 0.6 is 0 Å². The maximum atomic E-state index is 12.1. The average molecular weight is 239 g/mol. The number of nitrogens with zero attached hydrogens (tertiary/aromatic N) is 1. The minimum absolute atomic E-state index is 0.191. The summed E-state index contributed by atoms with van der Waals surface area (Å²) in [6, 6.07) is 1.57. The van der Waals surface area contributed by atoms with Crippen LogP contribution in [0.15, 0.2) is 10.5 Å². The predicted molar refractivity (Wildman–Crippen MR) is 62.0 cm³/mol. The highest BCUT2D eigenvalue weighted by molar-refractivity contribution is 5.94. The van der Waals surface area contributed by atoms with Crippen LogP contribution < -0.4 is 0 Å². The standard InChI is InChI=1S/C12H17NO4/c1-7(2)13(6-10(14)15)12(16)11-8(3)5-9(4)17-11/h5,7H,6H2,1-4H3,(H,14,15). The Morgan fingerprint density at radius 3 is 2.35 bits per heavy atom. The predicted octanol–water partition coefficient (Wildman–Crippen LogP) is 1.83. The van der Waals surface area contributed by atoms with Crippen molar-refractivity contribution in [2.24, 2.45) is 0 Å². The molecule has 0 aliphatic rings. The number of carbonyl (C=O) groups is 2. The van der Waals surface area contributed by atoms with Gasteiger partial charge in [-0.2, -0.15) is 0 Å². The van der Waals surface area contributed by atoms with Gasteiger partial charge in [-0.25, -0.2) is 0 Å². The summed E-state index contributed by atoms with van der Waals surface area (Å²) in [5.41, 5.74) is 0.725. The summed E-state index contributed by atoms with van der Waals surface area (Å²) in [4.78, 5) is 24.1. The number of amides is 1. The third kappa shape index (κ3) is 3.09. The van der Waals surface area contributed by atoms with Crippen molar-refractivity contribution < 1.29 is 19.1 Å². The molecule has 0 aromatic carbocycles. The molecule has 94 valence electrons. The lowest BCUT2D eigenvalue weighted by atomic mass is 10.2. The molecule has 0 bridgehead atoms. The zero-order valence-electron chi connectivity index (χ0n) is 10.5. The SMILES string of the molecule is Cc1cc(C)c(C(=O)N(CC(=O)O)C(C)C)o1. The van der Waals surface area contributed by atoms with Crippen LogP contribution in [0.3, 0.4) is 0 Å². The van der Waals surface area contributed by atoms with Crippen LogP contribution in [0.2, 0.25) is 0 Å². The number of aliphatic carboxylic acids is 1. The Morgan fingerprint density at radius 1 is 1.41 bits per heavy atom. The van der Waals surface area contributed by atoms with Crippen LogP contribution in [0.25, 0.3) is 0 Å². The quantitative estimate of drug-likeness (QED) is 0.870. The summed E-state index contributed by atoms with van der Waals surface area (Å²) < 4.78 is 5.30. The first-order chi connectivity index (χ1) is 7.82. The van der Waals surface area contributed by atoms with Gasteiger partial charge in [0.05, 0.1) is 0 Å². The summed E-state index contributed by atoms with van der Waals surface area (Å²) >= 11 is 0. The molecule has 0 fully saturated rings. The molecule has 1 rings (SSSR count). The van der Waals surface area contributed by atoms with Crippen molar-refractivity contribution in [3.8, 4) is 0 Å². The Hall–Kier alpha value is -1.78. The number of carboxylic acid groups (broad SMARTS) is 1. The van der Waals surface area contributed by atoms with Crippen molar-refractivity contribution in [1.82, 2.24) is 4.90 Å². The third-order valence-electron chi connectivity index (χ3n) is 2.43. The lowest BCUT2D eigenvalue weighted by Gasteiger charge is -2.24. The Morgan fingerprint density at radius 2 is 2.00 bits per heavy atom. The lowest BCUT2D eigenvalue weighted by molar-refractivity contribution is -0.138. The Balaban J connectivity index is 2.99. The van der Waals surface area contributed by atoms with Gasteiger partial charge < -0.3 is 14.4 Å². The van der Waals surface area contributed by atoms with Gasteiger partial charge in [0.1, 0.15) is 12.3 Å². The van der Waals surface area contributed by atoms with Crippen molar-refractivity contribution in [3.63, 3.8) is 0 Å². The maximum Gasteiger partial charge on any atom is 0.323 e. The van der Waals surface area contributed by atoms with Gasteiger partial charge >= 0.3 is 5.97 Å². The van der Waals surface area contributed by atoms with Crippen molar-refractivity contribution in [1.29, 1.82) is 0 Å². The van der Waals surface area contributed by atoms with Crippen molar-refractivity contribution in [2.75, 3.05) is 6.54 Å². The highest BCUT2D eigenvalue weighted by Gasteiger charge is 2.25. The van der Waals surface area contributed by atoms with Gasteiger partial charge in [0.15, 0.2) is 5.76 Å². The monoisotopic (exact) mass is 239 g/mol. The molecular formula is C12H17NO4. The van der Waals surface area contributed by atoms with E-state index in [-0.39, 0.29) is 24.3 Å². The van der Waals surface area contributed by atoms with E-state index >= 15 is 0 Å². The molecule has 1 amide bonds. The molecule has 1 N–H and O–H groups in total.